The number of hydrogen-bond acceptors (Lipinski definition) is 3. The Hall–Kier alpha value is -2.37. The van der Waals surface area contributed by atoms with E-state index in [-0.39, 0.29) is 17.2 Å². The van der Waals surface area contributed by atoms with Crippen LogP contribution in [-0.4, -0.2) is 27.8 Å². The van der Waals surface area contributed by atoms with Gasteiger partial charge in [-0.25, -0.2) is 9.37 Å². The lowest BCUT2D eigenvalue weighted by Gasteiger charge is -2.16. The molecule has 0 saturated carbocycles. The van der Waals surface area contributed by atoms with Crippen LogP contribution >= 0.6 is 0 Å². The first-order valence-electron chi connectivity index (χ1n) is 5.36. The smallest absolute Gasteiger partial charge is 0.254 e. The van der Waals surface area contributed by atoms with Gasteiger partial charge in [-0.2, -0.15) is 0 Å². The Bertz CT molecular complexity index is 533. The maximum absolute atomic E-state index is 13.2. The number of aromatic nitrogens is 2. The number of H-pyrrole nitrogens is 1. The van der Waals surface area contributed by atoms with E-state index in [1.807, 2.05) is 0 Å². The highest BCUT2D eigenvalue weighted by Crippen LogP contribution is 2.13. The average molecular weight is 248 g/mol. The molecule has 0 atom stereocenters. The predicted octanol–water partition coefficient (Wildman–Crippen LogP) is 1.40. The minimum absolute atomic E-state index is 0.224. The van der Waals surface area contributed by atoms with Crippen LogP contribution in [0, 0.1) is 5.82 Å². The number of aromatic amines is 1. The molecule has 5 nitrogen and oxygen atoms in total. The summed E-state index contributed by atoms with van der Waals surface area (Å²) in [6.45, 7) is 0.322. The largest absolute Gasteiger partial charge is 0.399 e. The molecule has 1 amide bonds. The lowest BCUT2D eigenvalue weighted by Crippen LogP contribution is -2.26. The fraction of sp³-hybridized carbons (Fsp3) is 0.167. The predicted molar refractivity (Wildman–Crippen MR) is 65.2 cm³/mol. The molecule has 3 N–H and O–H groups in total. The summed E-state index contributed by atoms with van der Waals surface area (Å²) >= 11 is 0. The maximum atomic E-state index is 13.2. The van der Waals surface area contributed by atoms with Crippen LogP contribution in [0.1, 0.15) is 16.2 Å². The first-order valence-corrected chi connectivity index (χ1v) is 5.36. The second-order valence-electron chi connectivity index (χ2n) is 3.97. The molecule has 0 aliphatic rings. The maximum Gasteiger partial charge on any atom is 0.254 e. The van der Waals surface area contributed by atoms with Crippen LogP contribution < -0.4 is 5.73 Å². The van der Waals surface area contributed by atoms with Crippen molar-refractivity contribution < 1.29 is 9.18 Å². The van der Waals surface area contributed by atoms with Crippen LogP contribution in [0.2, 0.25) is 0 Å². The number of imidazole rings is 1. The molecule has 0 bridgehead atoms. The van der Waals surface area contributed by atoms with Gasteiger partial charge in [0.2, 0.25) is 0 Å². The summed E-state index contributed by atoms with van der Waals surface area (Å²) < 4.78 is 13.2. The molecular weight excluding hydrogens is 235 g/mol. The molecule has 0 aliphatic heterocycles. The molecule has 0 aliphatic carbocycles. The van der Waals surface area contributed by atoms with Gasteiger partial charge < -0.3 is 15.6 Å². The Labute approximate surface area is 103 Å². The van der Waals surface area contributed by atoms with Crippen molar-refractivity contribution in [3.8, 4) is 0 Å². The first kappa shape index (κ1) is 12.1. The van der Waals surface area contributed by atoms with Gasteiger partial charge in [-0.1, -0.05) is 0 Å². The van der Waals surface area contributed by atoms with E-state index in [1.54, 1.807) is 19.4 Å². The van der Waals surface area contributed by atoms with Crippen molar-refractivity contribution >= 4 is 11.6 Å². The van der Waals surface area contributed by atoms with Crippen LogP contribution in [-0.2, 0) is 6.54 Å². The fourth-order valence-corrected chi connectivity index (χ4v) is 1.64. The van der Waals surface area contributed by atoms with E-state index in [9.17, 15) is 9.18 Å². The van der Waals surface area contributed by atoms with Crippen molar-refractivity contribution in [1.82, 2.24) is 14.9 Å². The summed E-state index contributed by atoms with van der Waals surface area (Å²) in [7, 11) is 1.62. The second kappa shape index (κ2) is 4.87. The highest BCUT2D eigenvalue weighted by molar-refractivity contribution is 5.94. The third-order valence-corrected chi connectivity index (χ3v) is 2.46. The average Bonchev–Trinajstić information content (AvgIpc) is 2.79. The first-order chi connectivity index (χ1) is 8.56. The molecule has 0 radical (unpaired) electrons. The minimum Gasteiger partial charge on any atom is -0.399 e. The van der Waals surface area contributed by atoms with Crippen LogP contribution in [0.25, 0.3) is 0 Å². The van der Waals surface area contributed by atoms with Gasteiger partial charge in [0.1, 0.15) is 11.6 Å². The highest BCUT2D eigenvalue weighted by Gasteiger charge is 2.14. The minimum atomic E-state index is -0.523. The van der Waals surface area contributed by atoms with E-state index in [0.717, 1.165) is 6.07 Å². The second-order valence-corrected chi connectivity index (χ2v) is 3.97. The molecule has 1 aromatic carbocycles. The number of amides is 1. The monoisotopic (exact) mass is 248 g/mol. The Morgan fingerprint density at radius 2 is 2.28 bits per heavy atom. The van der Waals surface area contributed by atoms with Gasteiger partial charge in [-0.3, -0.25) is 4.79 Å². The standard InChI is InChI=1S/C12H13FN4O/c1-17(7-11-15-2-3-16-11)12(18)8-4-9(13)6-10(14)5-8/h2-6H,7,14H2,1H3,(H,15,16). The lowest BCUT2D eigenvalue weighted by molar-refractivity contribution is 0.0781. The molecule has 6 heteroatoms. The van der Waals surface area contributed by atoms with E-state index in [0.29, 0.717) is 12.4 Å². The van der Waals surface area contributed by atoms with Gasteiger partial charge in [0.25, 0.3) is 5.91 Å². The third kappa shape index (κ3) is 2.65. The van der Waals surface area contributed by atoms with Crippen molar-refractivity contribution in [2.24, 2.45) is 0 Å². The van der Waals surface area contributed by atoms with E-state index < -0.39 is 5.82 Å². The zero-order valence-electron chi connectivity index (χ0n) is 9.85. The molecule has 2 aromatic rings. The normalized spacial score (nSPS) is 10.3. The third-order valence-electron chi connectivity index (χ3n) is 2.46. The number of carbonyl (C=O) groups is 1. The molecular formula is C12H13FN4O. The zero-order chi connectivity index (χ0) is 13.1. The molecule has 0 fully saturated rings. The van der Waals surface area contributed by atoms with Gasteiger partial charge in [-0.05, 0) is 18.2 Å². The number of anilines is 1. The Kier molecular flexibility index (Phi) is 3.27. The van der Waals surface area contributed by atoms with Crippen molar-refractivity contribution in [3.63, 3.8) is 0 Å². The zero-order valence-corrected chi connectivity index (χ0v) is 9.85. The van der Waals surface area contributed by atoms with Gasteiger partial charge in [0, 0.05) is 30.7 Å². The molecule has 18 heavy (non-hydrogen) atoms. The Balaban J connectivity index is 2.15. The molecule has 2 rings (SSSR count). The van der Waals surface area contributed by atoms with E-state index >= 15 is 0 Å². The van der Waals surface area contributed by atoms with Crippen molar-refractivity contribution in [2.75, 3.05) is 12.8 Å². The SMILES string of the molecule is CN(Cc1ncc[nH]1)C(=O)c1cc(N)cc(F)c1. The summed E-state index contributed by atoms with van der Waals surface area (Å²) in [5, 5.41) is 0. The summed E-state index contributed by atoms with van der Waals surface area (Å²) in [4.78, 5) is 20.4. The van der Waals surface area contributed by atoms with Crippen LogP contribution in [0.4, 0.5) is 10.1 Å². The van der Waals surface area contributed by atoms with E-state index in [4.69, 9.17) is 5.73 Å². The van der Waals surface area contributed by atoms with Gasteiger partial charge in [0.15, 0.2) is 0 Å². The highest BCUT2D eigenvalue weighted by atomic mass is 19.1. The topological polar surface area (TPSA) is 75.0 Å². The van der Waals surface area contributed by atoms with E-state index in [1.165, 1.54) is 17.0 Å². The van der Waals surface area contributed by atoms with Crippen LogP contribution in [0.5, 0.6) is 0 Å². The summed E-state index contributed by atoms with van der Waals surface area (Å²) in [6, 6.07) is 3.78. The number of carbonyl (C=O) groups excluding carboxylic acids is 1. The van der Waals surface area contributed by atoms with Gasteiger partial charge >= 0.3 is 0 Å². The Morgan fingerprint density at radius 3 is 2.89 bits per heavy atom. The van der Waals surface area contributed by atoms with Crippen LogP contribution in [0.3, 0.4) is 0 Å². The summed E-state index contributed by atoms with van der Waals surface area (Å²) in [5.41, 5.74) is 5.95. The number of nitrogens with one attached hydrogen (secondary N) is 1. The number of nitrogens with two attached hydrogens (primary N) is 1. The molecule has 1 aromatic heterocycles. The number of nitrogen functional groups attached to an aromatic ring is 1. The van der Waals surface area contributed by atoms with Crippen LogP contribution in [0.15, 0.2) is 30.6 Å². The fourth-order valence-electron chi connectivity index (χ4n) is 1.64. The molecule has 94 valence electrons. The number of benzene rings is 1. The number of rotatable bonds is 3. The molecule has 0 saturated heterocycles. The lowest BCUT2D eigenvalue weighted by atomic mass is 10.1. The number of nitrogens with zero attached hydrogens (tertiary/aromatic N) is 2. The van der Waals surface area contributed by atoms with Gasteiger partial charge in [0.05, 0.1) is 6.54 Å². The quantitative estimate of drug-likeness (QED) is 0.806. The van der Waals surface area contributed by atoms with Gasteiger partial charge in [-0.15, -0.1) is 0 Å². The molecule has 0 spiro atoms. The van der Waals surface area contributed by atoms with Crippen molar-refractivity contribution in [3.05, 3.63) is 47.8 Å². The molecule has 1 heterocycles. The summed E-state index contributed by atoms with van der Waals surface area (Å²) in [5.74, 6) is -0.169. The van der Waals surface area contributed by atoms with E-state index in [2.05, 4.69) is 9.97 Å². The number of halogens is 1. The van der Waals surface area contributed by atoms with Crippen molar-refractivity contribution in [1.29, 1.82) is 0 Å². The number of hydrogen-bond donors (Lipinski definition) is 2. The summed E-state index contributed by atoms with van der Waals surface area (Å²) in [6.07, 6.45) is 3.28. The Morgan fingerprint density at radius 1 is 1.50 bits per heavy atom. The van der Waals surface area contributed by atoms with Crippen molar-refractivity contribution in [2.45, 2.75) is 6.54 Å². The molecule has 0 unspecified atom stereocenters.